The van der Waals surface area contributed by atoms with Gasteiger partial charge in [-0.15, -0.1) is 11.8 Å². The molecular formula is C25H20F3N5O2S. The lowest BCUT2D eigenvalue weighted by molar-refractivity contribution is -0.198. The largest absolute Gasteiger partial charge is 0.416 e. The number of aliphatic hydroxyl groups is 1. The van der Waals surface area contributed by atoms with Crippen LogP contribution in [0, 0.1) is 22.7 Å². The number of carbonyl (C=O) groups excluding carboxylic acids is 1. The van der Waals surface area contributed by atoms with Gasteiger partial charge in [0.05, 0.1) is 12.1 Å². The number of anilines is 1. The predicted octanol–water partition coefficient (Wildman–Crippen LogP) is 5.11. The zero-order chi connectivity index (χ0) is 26.3. The molecule has 3 rings (SSSR count). The highest BCUT2D eigenvalue weighted by molar-refractivity contribution is 7.98. The summed E-state index contributed by atoms with van der Waals surface area (Å²) < 4.78 is 38.5. The second kappa shape index (κ2) is 11.7. The fourth-order valence-electron chi connectivity index (χ4n) is 3.26. The highest BCUT2D eigenvalue weighted by Crippen LogP contribution is 2.37. The number of alkyl halides is 3. The molecule has 36 heavy (non-hydrogen) atoms. The average Bonchev–Trinajstić information content (AvgIpc) is 2.89. The number of nitriles is 2. The Morgan fingerprint density at radius 3 is 2.47 bits per heavy atom. The Bertz CT molecular complexity index is 1330. The first-order valence-corrected chi connectivity index (χ1v) is 11.7. The van der Waals surface area contributed by atoms with Crippen molar-refractivity contribution in [3.05, 3.63) is 71.0 Å². The predicted molar refractivity (Wildman–Crippen MR) is 128 cm³/mol. The Balaban J connectivity index is 2.07. The molecule has 2 heterocycles. The fourth-order valence-corrected chi connectivity index (χ4v) is 4.19. The molecule has 0 aliphatic carbocycles. The number of rotatable bonds is 9. The van der Waals surface area contributed by atoms with Gasteiger partial charge in [0.15, 0.2) is 11.9 Å². The lowest BCUT2D eigenvalue weighted by Crippen LogP contribution is -2.35. The summed E-state index contributed by atoms with van der Waals surface area (Å²) in [6.45, 7) is 0.795. The minimum atomic E-state index is -4.86. The number of ketones is 1. The minimum Gasteiger partial charge on any atom is -0.382 e. The molecule has 0 aliphatic heterocycles. The van der Waals surface area contributed by atoms with Gasteiger partial charge < -0.3 is 10.4 Å². The number of aromatic nitrogens is 2. The van der Waals surface area contributed by atoms with Crippen LogP contribution in [0.1, 0.15) is 40.5 Å². The van der Waals surface area contributed by atoms with Gasteiger partial charge in [-0.1, -0.05) is 37.3 Å². The maximum Gasteiger partial charge on any atom is 0.416 e. The van der Waals surface area contributed by atoms with E-state index in [1.807, 2.05) is 6.07 Å². The second-order valence-corrected chi connectivity index (χ2v) is 8.50. The van der Waals surface area contributed by atoms with Crippen LogP contribution in [0.15, 0.2) is 53.7 Å². The summed E-state index contributed by atoms with van der Waals surface area (Å²) in [6, 6.07) is 15.8. The smallest absolute Gasteiger partial charge is 0.382 e. The Morgan fingerprint density at radius 2 is 1.86 bits per heavy atom. The van der Waals surface area contributed by atoms with Crippen LogP contribution in [0.2, 0.25) is 0 Å². The zero-order valence-electron chi connectivity index (χ0n) is 19.0. The van der Waals surface area contributed by atoms with Gasteiger partial charge in [0.2, 0.25) is 0 Å². The van der Waals surface area contributed by atoms with Gasteiger partial charge in [-0.2, -0.15) is 23.7 Å². The maximum atomic E-state index is 12.8. The van der Waals surface area contributed by atoms with E-state index in [0.29, 0.717) is 17.7 Å². The van der Waals surface area contributed by atoms with Crippen LogP contribution < -0.4 is 5.32 Å². The van der Waals surface area contributed by atoms with E-state index in [-0.39, 0.29) is 39.1 Å². The molecule has 0 bridgehead atoms. The van der Waals surface area contributed by atoms with Crippen LogP contribution in [-0.2, 0) is 5.75 Å². The molecule has 3 aromatic rings. The van der Waals surface area contributed by atoms with Crippen molar-refractivity contribution >= 4 is 23.4 Å². The molecule has 0 spiro atoms. The Labute approximate surface area is 209 Å². The van der Waals surface area contributed by atoms with Crippen molar-refractivity contribution in [3.8, 4) is 23.3 Å². The molecule has 0 radical (unpaired) electrons. The van der Waals surface area contributed by atoms with Crippen LogP contribution in [0.3, 0.4) is 0 Å². The van der Waals surface area contributed by atoms with Crippen molar-refractivity contribution in [1.82, 2.24) is 9.97 Å². The molecule has 1 unspecified atom stereocenters. The third-order valence-corrected chi connectivity index (χ3v) is 6.14. The quantitative estimate of drug-likeness (QED) is 0.300. The summed E-state index contributed by atoms with van der Waals surface area (Å²) in [7, 11) is 0. The van der Waals surface area contributed by atoms with Crippen LogP contribution in [-0.4, -0.2) is 39.7 Å². The highest BCUT2D eigenvalue weighted by Gasteiger charge is 2.38. The summed E-state index contributed by atoms with van der Waals surface area (Å²) in [5, 5.41) is 31.8. The molecule has 11 heteroatoms. The molecule has 1 aromatic carbocycles. The first-order valence-electron chi connectivity index (χ1n) is 10.7. The monoisotopic (exact) mass is 511 g/mol. The van der Waals surface area contributed by atoms with Crippen molar-refractivity contribution < 1.29 is 23.1 Å². The standard InChI is InChI=1S/C25H20F3N5O2S/c1-2-20(34)19-10-15(8-9-31-19)14-36-24-18(12-30)22(16-6-4-3-5-7-16)17(11-29)23(33-24)32-13-21(35)25(26,27)28/h3-10,21,35H,2,13-14H2,1H3,(H,32,33). The van der Waals surface area contributed by atoms with Crippen molar-refractivity contribution in [1.29, 1.82) is 10.5 Å². The molecular weight excluding hydrogens is 491 g/mol. The van der Waals surface area contributed by atoms with Gasteiger partial charge in [-0.05, 0) is 23.3 Å². The van der Waals surface area contributed by atoms with Crippen molar-refractivity contribution in [2.75, 3.05) is 11.9 Å². The molecule has 0 saturated carbocycles. The summed E-state index contributed by atoms with van der Waals surface area (Å²) in [6.07, 6.45) is -5.75. The number of aliphatic hydroxyl groups excluding tert-OH is 1. The van der Waals surface area contributed by atoms with Gasteiger partial charge >= 0.3 is 6.18 Å². The van der Waals surface area contributed by atoms with Gasteiger partial charge in [0.1, 0.15) is 34.2 Å². The van der Waals surface area contributed by atoms with Crippen LogP contribution in [0.5, 0.6) is 0 Å². The number of carbonyl (C=O) groups is 1. The number of hydrogen-bond donors (Lipinski definition) is 2. The normalized spacial score (nSPS) is 11.9. The Morgan fingerprint density at radius 1 is 1.17 bits per heavy atom. The number of halogens is 3. The fraction of sp³-hybridized carbons (Fsp3) is 0.240. The lowest BCUT2D eigenvalue weighted by Gasteiger charge is -2.19. The van der Waals surface area contributed by atoms with Crippen molar-refractivity contribution in [2.45, 2.75) is 36.4 Å². The van der Waals surface area contributed by atoms with Crippen LogP contribution in [0.4, 0.5) is 19.0 Å². The number of nitrogens with zero attached hydrogens (tertiary/aromatic N) is 4. The third-order valence-electron chi connectivity index (χ3n) is 5.10. The number of Topliss-reactive ketones (excluding diaryl/α,β-unsaturated/α-hetero) is 1. The van der Waals surface area contributed by atoms with Gasteiger partial charge in [-0.3, -0.25) is 9.78 Å². The Kier molecular flexibility index (Phi) is 8.64. The summed E-state index contributed by atoms with van der Waals surface area (Å²) >= 11 is 1.13. The first kappa shape index (κ1) is 26.7. The van der Waals surface area contributed by atoms with Crippen LogP contribution in [0.25, 0.3) is 11.1 Å². The van der Waals surface area contributed by atoms with E-state index >= 15 is 0 Å². The molecule has 0 saturated heterocycles. The summed E-state index contributed by atoms with van der Waals surface area (Å²) in [5.41, 5.74) is 1.73. The molecule has 1 atom stereocenters. The number of pyridine rings is 2. The zero-order valence-corrected chi connectivity index (χ0v) is 19.8. The number of nitrogens with one attached hydrogen (secondary N) is 1. The van der Waals surface area contributed by atoms with E-state index in [9.17, 15) is 33.6 Å². The summed E-state index contributed by atoms with van der Waals surface area (Å²) in [4.78, 5) is 20.3. The molecule has 0 amide bonds. The average molecular weight is 512 g/mol. The van der Waals surface area contributed by atoms with Gasteiger partial charge in [0.25, 0.3) is 0 Å². The number of thioether (sulfide) groups is 1. The van der Waals surface area contributed by atoms with E-state index in [2.05, 4.69) is 21.4 Å². The van der Waals surface area contributed by atoms with Crippen molar-refractivity contribution in [3.63, 3.8) is 0 Å². The van der Waals surface area contributed by atoms with Gasteiger partial charge in [0, 0.05) is 23.9 Å². The van der Waals surface area contributed by atoms with Crippen LogP contribution >= 0.6 is 11.8 Å². The molecule has 2 aromatic heterocycles. The second-order valence-electron chi connectivity index (χ2n) is 7.53. The molecule has 0 aliphatic rings. The topological polar surface area (TPSA) is 123 Å². The van der Waals surface area contributed by atoms with E-state index in [4.69, 9.17) is 0 Å². The van der Waals surface area contributed by atoms with Crippen molar-refractivity contribution in [2.24, 2.45) is 0 Å². The van der Waals surface area contributed by atoms with E-state index in [1.54, 1.807) is 49.4 Å². The van der Waals surface area contributed by atoms with E-state index in [1.165, 1.54) is 6.20 Å². The lowest BCUT2D eigenvalue weighted by atomic mass is 9.97. The molecule has 7 nitrogen and oxygen atoms in total. The minimum absolute atomic E-state index is 0.0867. The van der Waals surface area contributed by atoms with Gasteiger partial charge in [-0.25, -0.2) is 4.98 Å². The summed E-state index contributed by atoms with van der Waals surface area (Å²) in [5.74, 6) is -0.0336. The number of hydrogen-bond acceptors (Lipinski definition) is 8. The third kappa shape index (κ3) is 6.19. The SMILES string of the molecule is CCC(=O)c1cc(CSc2nc(NCC(O)C(F)(F)F)c(C#N)c(-c3ccccc3)c2C#N)ccn1. The molecule has 184 valence electrons. The molecule has 2 N–H and O–H groups in total. The van der Waals surface area contributed by atoms with E-state index < -0.39 is 18.8 Å². The number of benzene rings is 1. The Hall–Kier alpha value is -3.93. The van der Waals surface area contributed by atoms with E-state index in [0.717, 1.165) is 17.3 Å². The molecule has 0 fully saturated rings. The maximum absolute atomic E-state index is 12.8. The highest BCUT2D eigenvalue weighted by atomic mass is 32.2. The first-order chi connectivity index (χ1) is 17.2.